The molecule has 0 amide bonds. The van der Waals surface area contributed by atoms with E-state index < -0.39 is 0 Å². The summed E-state index contributed by atoms with van der Waals surface area (Å²) in [4.78, 5) is 8.43. The Morgan fingerprint density at radius 3 is 2.76 bits per heavy atom. The van der Waals surface area contributed by atoms with Gasteiger partial charge in [-0.2, -0.15) is 0 Å². The summed E-state index contributed by atoms with van der Waals surface area (Å²) in [6.45, 7) is 3.29. The van der Waals surface area contributed by atoms with Gasteiger partial charge in [0, 0.05) is 6.54 Å². The summed E-state index contributed by atoms with van der Waals surface area (Å²) in [6, 6.07) is 8.03. The van der Waals surface area contributed by atoms with Gasteiger partial charge in [-0.05, 0) is 19.1 Å². The van der Waals surface area contributed by atoms with Crippen LogP contribution in [0, 0.1) is 6.92 Å². The van der Waals surface area contributed by atoms with Gasteiger partial charge in [0.2, 0.25) is 0 Å². The normalized spacial score (nSPS) is 9.94. The van der Waals surface area contributed by atoms with Crippen molar-refractivity contribution in [1.82, 2.24) is 9.55 Å². The van der Waals surface area contributed by atoms with Crippen LogP contribution in [-0.4, -0.2) is 22.1 Å². The first-order valence-electron chi connectivity index (χ1n) is 5.16. The number of aliphatic imine (C=N–C) groups is 1. The summed E-state index contributed by atoms with van der Waals surface area (Å²) in [6.07, 6.45) is 0. The maximum atomic E-state index is 5.29. The van der Waals surface area contributed by atoms with Crippen molar-refractivity contribution in [1.29, 1.82) is 0 Å². The Balaban J connectivity index is 0.00000144. The van der Waals surface area contributed by atoms with Crippen LogP contribution in [0.2, 0.25) is 0 Å². The van der Waals surface area contributed by atoms with Gasteiger partial charge >= 0.3 is 0 Å². The van der Waals surface area contributed by atoms with Gasteiger partial charge in [0.15, 0.2) is 5.96 Å². The molecule has 4 N–H and O–H groups in total. The molecule has 0 aliphatic rings. The predicted octanol–water partition coefficient (Wildman–Crippen LogP) is 1.24. The number of rotatable bonds is 3. The summed E-state index contributed by atoms with van der Waals surface area (Å²) in [5, 5.41) is 0. The van der Waals surface area contributed by atoms with E-state index >= 15 is 0 Å². The number of aromatic nitrogens is 2. The van der Waals surface area contributed by atoms with E-state index in [0.717, 1.165) is 23.4 Å². The minimum Gasteiger partial charge on any atom is -0.370 e. The zero-order valence-corrected chi connectivity index (χ0v) is 12.0. The SMILES string of the molecule is Cc1nc2ccccc2n1CCN=C(N)N.I. The second kappa shape index (κ2) is 5.85. The summed E-state index contributed by atoms with van der Waals surface area (Å²) in [5.74, 6) is 1.11. The van der Waals surface area contributed by atoms with E-state index in [0.29, 0.717) is 6.54 Å². The third-order valence-corrected chi connectivity index (χ3v) is 2.46. The van der Waals surface area contributed by atoms with E-state index in [2.05, 4.69) is 14.5 Å². The Labute approximate surface area is 117 Å². The number of hydrogen-bond donors (Lipinski definition) is 2. The molecule has 0 fully saturated rings. The average Bonchev–Trinajstić information content (AvgIpc) is 2.55. The predicted molar refractivity (Wildman–Crippen MR) is 80.6 cm³/mol. The van der Waals surface area contributed by atoms with Crippen LogP contribution in [0.15, 0.2) is 29.3 Å². The van der Waals surface area contributed by atoms with E-state index in [4.69, 9.17) is 11.5 Å². The molecule has 0 bridgehead atoms. The Hall–Kier alpha value is -1.31. The highest BCUT2D eigenvalue weighted by Gasteiger charge is 2.05. The van der Waals surface area contributed by atoms with Crippen LogP contribution in [0.3, 0.4) is 0 Å². The number of imidazole rings is 1. The van der Waals surface area contributed by atoms with Crippen LogP contribution < -0.4 is 11.5 Å². The van der Waals surface area contributed by atoms with Crippen molar-refractivity contribution in [3.63, 3.8) is 0 Å². The number of nitrogens with zero attached hydrogens (tertiary/aromatic N) is 3. The van der Waals surface area contributed by atoms with Crippen molar-refractivity contribution in [2.24, 2.45) is 16.5 Å². The molecule has 2 rings (SSSR count). The van der Waals surface area contributed by atoms with Crippen LogP contribution in [0.4, 0.5) is 0 Å². The molecule has 17 heavy (non-hydrogen) atoms. The maximum Gasteiger partial charge on any atom is 0.185 e. The molecular formula is C11H16IN5. The summed E-state index contributed by atoms with van der Waals surface area (Å²) < 4.78 is 2.11. The van der Waals surface area contributed by atoms with Gasteiger partial charge in [-0.15, -0.1) is 24.0 Å². The van der Waals surface area contributed by atoms with Crippen molar-refractivity contribution < 1.29 is 0 Å². The van der Waals surface area contributed by atoms with Crippen molar-refractivity contribution in [2.45, 2.75) is 13.5 Å². The zero-order valence-electron chi connectivity index (χ0n) is 9.63. The fourth-order valence-electron chi connectivity index (χ4n) is 1.76. The highest BCUT2D eigenvalue weighted by molar-refractivity contribution is 14.0. The lowest BCUT2D eigenvalue weighted by molar-refractivity contribution is 0.704. The first-order chi connectivity index (χ1) is 7.68. The third kappa shape index (κ3) is 3.09. The number of fused-ring (bicyclic) bond motifs is 1. The minimum absolute atomic E-state index is 0. The maximum absolute atomic E-state index is 5.29. The molecule has 0 aliphatic carbocycles. The zero-order chi connectivity index (χ0) is 11.5. The van der Waals surface area contributed by atoms with Crippen molar-refractivity contribution in [3.05, 3.63) is 30.1 Å². The number of benzene rings is 1. The lowest BCUT2D eigenvalue weighted by Crippen LogP contribution is -2.23. The Morgan fingerprint density at radius 1 is 1.35 bits per heavy atom. The summed E-state index contributed by atoms with van der Waals surface area (Å²) in [5.41, 5.74) is 12.7. The second-order valence-electron chi connectivity index (χ2n) is 3.61. The van der Waals surface area contributed by atoms with Crippen molar-refractivity contribution in [3.8, 4) is 0 Å². The molecule has 0 aliphatic heterocycles. The van der Waals surface area contributed by atoms with Crippen molar-refractivity contribution in [2.75, 3.05) is 6.54 Å². The third-order valence-electron chi connectivity index (χ3n) is 2.46. The minimum atomic E-state index is 0. The molecule has 0 saturated carbocycles. The van der Waals surface area contributed by atoms with Gasteiger partial charge in [-0.1, -0.05) is 12.1 Å². The van der Waals surface area contributed by atoms with Crippen LogP contribution in [-0.2, 0) is 6.54 Å². The number of hydrogen-bond acceptors (Lipinski definition) is 2. The van der Waals surface area contributed by atoms with E-state index in [-0.39, 0.29) is 29.9 Å². The van der Waals surface area contributed by atoms with Crippen LogP contribution in [0.1, 0.15) is 5.82 Å². The molecule has 0 atom stereocenters. The number of nitrogens with two attached hydrogens (primary N) is 2. The number of guanidine groups is 1. The quantitative estimate of drug-likeness (QED) is 0.499. The molecular weight excluding hydrogens is 329 g/mol. The first-order valence-corrected chi connectivity index (χ1v) is 5.16. The van der Waals surface area contributed by atoms with E-state index in [9.17, 15) is 0 Å². The Bertz CT molecular complexity index is 528. The molecule has 0 saturated heterocycles. The largest absolute Gasteiger partial charge is 0.370 e. The lowest BCUT2D eigenvalue weighted by atomic mass is 10.3. The Morgan fingerprint density at radius 2 is 2.06 bits per heavy atom. The van der Waals surface area contributed by atoms with Gasteiger partial charge in [0.1, 0.15) is 5.82 Å². The standard InChI is InChI=1S/C11H15N5.HI/c1-8-15-9-4-2-3-5-10(9)16(8)7-6-14-11(12)13;/h2-5H,6-7H2,1H3,(H4,12,13,14);1H. The molecule has 1 aromatic carbocycles. The van der Waals surface area contributed by atoms with Gasteiger partial charge < -0.3 is 16.0 Å². The fraction of sp³-hybridized carbons (Fsp3) is 0.273. The summed E-state index contributed by atoms with van der Waals surface area (Å²) >= 11 is 0. The molecule has 1 heterocycles. The van der Waals surface area contributed by atoms with E-state index in [1.165, 1.54) is 0 Å². The average molecular weight is 345 g/mol. The molecule has 6 heteroatoms. The van der Waals surface area contributed by atoms with Gasteiger partial charge in [0.25, 0.3) is 0 Å². The van der Waals surface area contributed by atoms with E-state index in [1.54, 1.807) is 0 Å². The molecule has 2 aromatic rings. The van der Waals surface area contributed by atoms with Gasteiger partial charge in [-0.25, -0.2) is 4.98 Å². The van der Waals surface area contributed by atoms with Gasteiger partial charge in [0.05, 0.1) is 17.6 Å². The number of para-hydroxylation sites is 2. The molecule has 1 aromatic heterocycles. The number of halogens is 1. The summed E-state index contributed by atoms with van der Waals surface area (Å²) in [7, 11) is 0. The molecule has 0 radical (unpaired) electrons. The smallest absolute Gasteiger partial charge is 0.185 e. The van der Waals surface area contributed by atoms with E-state index in [1.807, 2.05) is 31.2 Å². The fourth-order valence-corrected chi connectivity index (χ4v) is 1.76. The van der Waals surface area contributed by atoms with Gasteiger partial charge in [-0.3, -0.25) is 4.99 Å². The molecule has 5 nitrogen and oxygen atoms in total. The van der Waals surface area contributed by atoms with Crippen LogP contribution >= 0.6 is 24.0 Å². The first kappa shape index (κ1) is 13.8. The van der Waals surface area contributed by atoms with Crippen LogP contribution in [0.5, 0.6) is 0 Å². The molecule has 0 unspecified atom stereocenters. The van der Waals surface area contributed by atoms with Crippen molar-refractivity contribution >= 4 is 41.0 Å². The highest BCUT2D eigenvalue weighted by atomic mass is 127. The van der Waals surface area contributed by atoms with Crippen LogP contribution in [0.25, 0.3) is 11.0 Å². The highest BCUT2D eigenvalue weighted by Crippen LogP contribution is 2.14. The number of aryl methyl sites for hydroxylation is 1. The lowest BCUT2D eigenvalue weighted by Gasteiger charge is -2.04. The monoisotopic (exact) mass is 345 g/mol. The Kier molecular flexibility index (Phi) is 4.73. The molecule has 92 valence electrons. The molecule has 0 spiro atoms. The second-order valence-corrected chi connectivity index (χ2v) is 3.61. The topological polar surface area (TPSA) is 82.2 Å².